The van der Waals surface area contributed by atoms with Crippen LogP contribution in [0.5, 0.6) is 0 Å². The molecule has 0 aliphatic carbocycles. The number of ether oxygens (including phenoxy) is 5. The lowest BCUT2D eigenvalue weighted by Gasteiger charge is -2.25. The third-order valence-electron chi connectivity index (χ3n) is 7.92. The van der Waals surface area contributed by atoms with E-state index in [2.05, 4.69) is 21.3 Å². The predicted molar refractivity (Wildman–Crippen MR) is 190 cm³/mol. The van der Waals surface area contributed by atoms with Gasteiger partial charge in [-0.3, -0.25) is 28.9 Å². The molecule has 17 heteroatoms. The van der Waals surface area contributed by atoms with Crippen molar-refractivity contribution in [2.24, 2.45) is 17.6 Å². The van der Waals surface area contributed by atoms with Crippen molar-refractivity contribution in [3.63, 3.8) is 0 Å². The number of carbonyl (C=O) groups is 6. The van der Waals surface area contributed by atoms with E-state index in [1.807, 2.05) is 12.1 Å². The number of hydrogen-bond donors (Lipinski definition) is 5. The Kier molecular flexibility index (Phi) is 21.1. The molecule has 0 saturated carbocycles. The van der Waals surface area contributed by atoms with E-state index in [1.54, 1.807) is 40.0 Å². The van der Waals surface area contributed by atoms with Crippen molar-refractivity contribution in [3.8, 4) is 0 Å². The smallest absolute Gasteiger partial charge is 0.312 e. The van der Waals surface area contributed by atoms with E-state index in [9.17, 15) is 28.8 Å². The Morgan fingerprint density at radius 1 is 0.865 bits per heavy atom. The average molecular weight is 737 g/mol. The minimum absolute atomic E-state index is 0.0144. The summed E-state index contributed by atoms with van der Waals surface area (Å²) in [4.78, 5) is 75.1. The molecular formula is C35H56N6O11. The number of nitrogens with two attached hydrogens (primary N) is 1. The van der Waals surface area contributed by atoms with Gasteiger partial charge in [-0.25, -0.2) is 4.79 Å². The molecule has 0 radical (unpaired) electrons. The first-order valence-corrected chi connectivity index (χ1v) is 17.6. The van der Waals surface area contributed by atoms with Crippen molar-refractivity contribution in [2.45, 2.75) is 65.1 Å². The van der Waals surface area contributed by atoms with Crippen LogP contribution in [-0.4, -0.2) is 126 Å². The molecular weight excluding hydrogens is 680 g/mol. The fourth-order valence-electron chi connectivity index (χ4n) is 5.07. The Bertz CT molecular complexity index is 1280. The highest BCUT2D eigenvalue weighted by Crippen LogP contribution is 2.18. The van der Waals surface area contributed by atoms with Crippen molar-refractivity contribution < 1.29 is 52.5 Å². The largest absolute Gasteiger partial charge is 0.380 e. The molecule has 7 amide bonds. The number of carbonyl (C=O) groups excluding carboxylic acids is 6. The van der Waals surface area contributed by atoms with Gasteiger partial charge in [0.25, 0.3) is 0 Å². The number of imide groups is 1. The fraction of sp³-hybridized carbons (Fsp3) is 0.657. The molecule has 1 heterocycles. The van der Waals surface area contributed by atoms with Gasteiger partial charge in [-0.05, 0) is 36.5 Å². The second-order valence-electron chi connectivity index (χ2n) is 12.6. The van der Waals surface area contributed by atoms with Gasteiger partial charge in [0.2, 0.25) is 29.5 Å². The van der Waals surface area contributed by atoms with Crippen LogP contribution in [0.4, 0.5) is 10.5 Å². The van der Waals surface area contributed by atoms with Crippen LogP contribution < -0.4 is 27.0 Å². The van der Waals surface area contributed by atoms with Gasteiger partial charge >= 0.3 is 6.03 Å². The zero-order valence-electron chi connectivity index (χ0n) is 30.7. The fourth-order valence-corrected chi connectivity index (χ4v) is 5.07. The molecule has 0 bridgehead atoms. The second kappa shape index (κ2) is 24.9. The topological polar surface area (TPSA) is 226 Å². The summed E-state index contributed by atoms with van der Waals surface area (Å²) in [6.07, 6.45) is 0.841. The van der Waals surface area contributed by atoms with E-state index in [4.69, 9.17) is 29.4 Å². The molecule has 0 spiro atoms. The number of nitrogens with zero attached hydrogens (tertiary/aromatic N) is 1. The minimum atomic E-state index is -0.948. The van der Waals surface area contributed by atoms with Gasteiger partial charge in [-0.15, -0.1) is 0 Å². The van der Waals surface area contributed by atoms with Crippen LogP contribution in [0, 0.1) is 11.8 Å². The number of hydrogen-bond acceptors (Lipinski definition) is 11. The highest BCUT2D eigenvalue weighted by atomic mass is 16.6. The first-order chi connectivity index (χ1) is 24.9. The molecule has 17 nitrogen and oxygen atoms in total. The van der Waals surface area contributed by atoms with E-state index >= 15 is 0 Å². The van der Waals surface area contributed by atoms with Crippen LogP contribution in [0.25, 0.3) is 0 Å². The number of likely N-dealkylation sites (tertiary alicyclic amines) is 1. The van der Waals surface area contributed by atoms with Gasteiger partial charge in [0, 0.05) is 38.1 Å². The quantitative estimate of drug-likeness (QED) is 0.0624. The highest BCUT2D eigenvalue weighted by molar-refractivity contribution is 6.03. The van der Waals surface area contributed by atoms with Crippen molar-refractivity contribution in [2.75, 3.05) is 78.4 Å². The first-order valence-electron chi connectivity index (χ1n) is 17.6. The Balaban J connectivity index is 1.65. The zero-order chi connectivity index (χ0) is 38.3. The van der Waals surface area contributed by atoms with Gasteiger partial charge in [0.1, 0.15) is 12.1 Å². The van der Waals surface area contributed by atoms with Crippen LogP contribution in [0.15, 0.2) is 24.3 Å². The maximum absolute atomic E-state index is 13.3. The van der Waals surface area contributed by atoms with Gasteiger partial charge in [-0.1, -0.05) is 32.9 Å². The van der Waals surface area contributed by atoms with Crippen LogP contribution in [0.3, 0.4) is 0 Å². The average Bonchev–Trinajstić information content (AvgIpc) is 3.34. The van der Waals surface area contributed by atoms with Crippen LogP contribution in [0.2, 0.25) is 0 Å². The summed E-state index contributed by atoms with van der Waals surface area (Å²) in [5, 5.41) is 10.8. The summed E-state index contributed by atoms with van der Waals surface area (Å²) in [5.74, 6) is -2.22. The molecule has 3 atom stereocenters. The van der Waals surface area contributed by atoms with E-state index < -0.39 is 29.9 Å². The number of benzene rings is 1. The summed E-state index contributed by atoms with van der Waals surface area (Å²) in [6, 6.07) is 4.55. The Labute approximate surface area is 305 Å². The summed E-state index contributed by atoms with van der Waals surface area (Å²) in [5.41, 5.74) is 6.60. The summed E-state index contributed by atoms with van der Waals surface area (Å²) in [6.45, 7) is 8.47. The molecule has 1 aromatic rings. The van der Waals surface area contributed by atoms with Gasteiger partial charge < -0.3 is 50.7 Å². The predicted octanol–water partition coefficient (Wildman–Crippen LogP) is 0.697. The minimum Gasteiger partial charge on any atom is -0.380 e. The Morgan fingerprint density at radius 2 is 1.46 bits per heavy atom. The SMILES string of the molecule is COCc1ccc(NC(=O)[C@H](CCCNC(N)=O)NC(=O)[C@@H](NC(=O)CCOCCOCCOCCOCCN2C(=O)CC(C)C2=O)C(C)C)cc1. The summed E-state index contributed by atoms with van der Waals surface area (Å²) < 4.78 is 26.9. The van der Waals surface area contributed by atoms with Crippen molar-refractivity contribution in [1.82, 2.24) is 20.9 Å². The number of urea groups is 1. The third-order valence-corrected chi connectivity index (χ3v) is 7.92. The molecule has 2 rings (SSSR count). The molecule has 1 aromatic carbocycles. The maximum atomic E-state index is 13.3. The Morgan fingerprint density at radius 3 is 2.00 bits per heavy atom. The maximum Gasteiger partial charge on any atom is 0.312 e. The van der Waals surface area contributed by atoms with E-state index in [0.717, 1.165) is 5.56 Å². The molecule has 0 aromatic heterocycles. The third kappa shape index (κ3) is 17.4. The molecule has 1 aliphatic rings. The lowest BCUT2D eigenvalue weighted by atomic mass is 10.0. The molecule has 52 heavy (non-hydrogen) atoms. The number of rotatable bonds is 27. The van der Waals surface area contributed by atoms with Gasteiger partial charge in [0.05, 0.1) is 66.0 Å². The standard InChI is InChI=1S/C35H56N6O11/c1-24(2)31(33(45)39-28(6-5-12-37-35(36)47)32(44)38-27-9-7-26(8-10-27)23-48-4)40-29(42)11-14-49-16-18-51-20-21-52-19-17-50-15-13-41-30(43)22-25(3)34(41)46/h7-10,24-25,28,31H,5-6,11-23H2,1-4H3,(H,38,44)(H,39,45)(H,40,42)(H3,36,37,47)/t25?,28-,31-/m0/s1. The van der Waals surface area contributed by atoms with Crippen molar-refractivity contribution >= 4 is 41.3 Å². The van der Waals surface area contributed by atoms with Gasteiger partial charge in [0.15, 0.2) is 0 Å². The lowest BCUT2D eigenvalue weighted by Crippen LogP contribution is -2.54. The normalized spacial score (nSPS) is 15.4. The van der Waals surface area contributed by atoms with E-state index in [-0.39, 0.29) is 81.7 Å². The molecule has 6 N–H and O–H groups in total. The number of primary amides is 1. The summed E-state index contributed by atoms with van der Waals surface area (Å²) >= 11 is 0. The van der Waals surface area contributed by atoms with E-state index in [0.29, 0.717) is 51.7 Å². The monoisotopic (exact) mass is 736 g/mol. The molecule has 292 valence electrons. The summed E-state index contributed by atoms with van der Waals surface area (Å²) in [7, 11) is 1.59. The van der Waals surface area contributed by atoms with Crippen LogP contribution in [0.1, 0.15) is 52.0 Å². The highest BCUT2D eigenvalue weighted by Gasteiger charge is 2.35. The van der Waals surface area contributed by atoms with Crippen molar-refractivity contribution in [1.29, 1.82) is 0 Å². The van der Waals surface area contributed by atoms with Crippen LogP contribution in [-0.2, 0) is 54.3 Å². The van der Waals surface area contributed by atoms with E-state index in [1.165, 1.54) is 4.90 Å². The van der Waals surface area contributed by atoms with Crippen molar-refractivity contribution in [3.05, 3.63) is 29.8 Å². The lowest BCUT2D eigenvalue weighted by molar-refractivity contribution is -0.140. The number of anilines is 1. The van der Waals surface area contributed by atoms with Gasteiger partial charge in [-0.2, -0.15) is 0 Å². The molecule has 1 aliphatic heterocycles. The number of methoxy groups -OCH3 is 1. The Hall–Kier alpha value is -4.16. The molecule has 1 unspecified atom stereocenters. The molecule has 1 fully saturated rings. The first kappa shape index (κ1) is 44.0. The number of amides is 7. The van der Waals surface area contributed by atoms with Crippen LogP contribution >= 0.6 is 0 Å². The number of nitrogens with one attached hydrogen (secondary N) is 4. The second-order valence-corrected chi connectivity index (χ2v) is 12.6. The molecule has 1 saturated heterocycles. The zero-order valence-corrected chi connectivity index (χ0v) is 30.7.